The molecule has 2 heterocycles. The van der Waals surface area contributed by atoms with Gasteiger partial charge in [0.15, 0.2) is 0 Å². The molecule has 172 valence electrons. The van der Waals surface area contributed by atoms with Gasteiger partial charge in [0.05, 0.1) is 12.2 Å². The topological polar surface area (TPSA) is 107 Å². The maximum absolute atomic E-state index is 12.4. The lowest BCUT2D eigenvalue weighted by molar-refractivity contribution is -0.192. The summed E-state index contributed by atoms with van der Waals surface area (Å²) in [5.74, 6) is -2.75. The van der Waals surface area contributed by atoms with Gasteiger partial charge in [-0.1, -0.05) is 13.0 Å². The molecule has 1 aliphatic heterocycles. The second kappa shape index (κ2) is 12.2. The normalized spacial score (nSPS) is 15.2. The van der Waals surface area contributed by atoms with Crippen LogP contribution in [0.1, 0.15) is 18.2 Å². The van der Waals surface area contributed by atoms with E-state index in [4.69, 9.17) is 9.90 Å². The van der Waals surface area contributed by atoms with E-state index >= 15 is 0 Å². The highest BCUT2D eigenvalue weighted by Gasteiger charge is 2.38. The first-order chi connectivity index (χ1) is 14.0. The number of carbonyl (C=O) groups excluding carboxylic acids is 1. The second-order valence-electron chi connectivity index (χ2n) is 6.40. The fourth-order valence-electron chi connectivity index (χ4n) is 2.58. The monoisotopic (exact) mass is 473 g/mol. The van der Waals surface area contributed by atoms with E-state index in [0.29, 0.717) is 39.1 Å². The maximum atomic E-state index is 12.4. The van der Waals surface area contributed by atoms with Crippen molar-refractivity contribution in [3.8, 4) is 0 Å². The number of carbonyl (C=O) groups is 2. The van der Waals surface area contributed by atoms with Crippen LogP contribution in [0.5, 0.6) is 0 Å². The molecular formula is C17H26F3N3O5S2. The summed E-state index contributed by atoms with van der Waals surface area (Å²) in [7, 11) is -3.29. The van der Waals surface area contributed by atoms with Crippen LogP contribution < -0.4 is 5.32 Å². The molecule has 30 heavy (non-hydrogen) atoms. The van der Waals surface area contributed by atoms with Gasteiger partial charge >= 0.3 is 12.1 Å². The Hall–Kier alpha value is -1.70. The average Bonchev–Trinajstić information content (AvgIpc) is 3.18. The number of nitrogens with zero attached hydrogens (tertiary/aromatic N) is 2. The van der Waals surface area contributed by atoms with E-state index in [1.807, 2.05) is 24.4 Å². The molecule has 0 saturated carbocycles. The standard InChI is InChI=1S/C15H25N3O3S2.C2HF3O2/c1-2-7-17(15(19)13-14-4-3-11-22-14)10-12-23(20,21)18-8-5-16-6-9-18;3-2(4,5)1(6)7/h3-4,11,16H,2,5-10,12-13H2,1H3;(H,6,7). The third kappa shape index (κ3) is 9.41. The third-order valence-electron chi connectivity index (χ3n) is 4.08. The highest BCUT2D eigenvalue weighted by atomic mass is 32.2. The summed E-state index contributed by atoms with van der Waals surface area (Å²) in [5, 5.41) is 12.2. The first-order valence-electron chi connectivity index (χ1n) is 9.26. The van der Waals surface area contributed by atoms with Crippen LogP contribution in [-0.4, -0.2) is 85.8 Å². The molecule has 1 aliphatic rings. The van der Waals surface area contributed by atoms with Crippen LogP contribution in [0.4, 0.5) is 13.2 Å². The minimum atomic E-state index is -5.08. The molecule has 1 aromatic rings. The number of alkyl halides is 3. The van der Waals surface area contributed by atoms with Crippen LogP contribution >= 0.6 is 11.3 Å². The van der Waals surface area contributed by atoms with Crippen LogP contribution in [0.15, 0.2) is 17.5 Å². The molecule has 1 aromatic heterocycles. The Bertz CT molecular complexity index is 764. The van der Waals surface area contributed by atoms with Crippen LogP contribution in [0.2, 0.25) is 0 Å². The second-order valence-corrected chi connectivity index (χ2v) is 9.53. The molecule has 8 nitrogen and oxygen atoms in total. The number of piperazine rings is 1. The molecule has 0 aliphatic carbocycles. The smallest absolute Gasteiger partial charge is 0.475 e. The zero-order chi connectivity index (χ0) is 22.8. The van der Waals surface area contributed by atoms with Crippen molar-refractivity contribution >= 4 is 33.2 Å². The largest absolute Gasteiger partial charge is 0.490 e. The van der Waals surface area contributed by atoms with Gasteiger partial charge in [-0.2, -0.15) is 17.5 Å². The van der Waals surface area contributed by atoms with Crippen molar-refractivity contribution in [2.24, 2.45) is 0 Å². The SMILES string of the molecule is CCCN(CCS(=O)(=O)N1CCNCC1)C(=O)Cc1cccs1.O=C(O)C(F)(F)F. The minimum absolute atomic E-state index is 0.00316. The molecule has 2 rings (SSSR count). The first kappa shape index (κ1) is 26.3. The predicted octanol–water partition coefficient (Wildman–Crippen LogP) is 1.40. The van der Waals surface area contributed by atoms with Gasteiger partial charge in [0, 0.05) is 44.1 Å². The Morgan fingerprint density at radius 1 is 1.27 bits per heavy atom. The van der Waals surface area contributed by atoms with Gasteiger partial charge in [-0.05, 0) is 17.9 Å². The predicted molar refractivity (Wildman–Crippen MR) is 107 cm³/mol. The summed E-state index contributed by atoms with van der Waals surface area (Å²) in [6.45, 7) is 5.27. The fourth-order valence-corrected chi connectivity index (χ4v) is 4.73. The number of rotatable bonds is 8. The third-order valence-corrected chi connectivity index (χ3v) is 6.81. The summed E-state index contributed by atoms with van der Waals surface area (Å²) in [5.41, 5.74) is 0. The Balaban J connectivity index is 0.000000553. The van der Waals surface area contributed by atoms with E-state index in [-0.39, 0.29) is 18.2 Å². The highest BCUT2D eigenvalue weighted by molar-refractivity contribution is 7.89. The zero-order valence-electron chi connectivity index (χ0n) is 16.5. The summed E-state index contributed by atoms with van der Waals surface area (Å²) in [4.78, 5) is 24.0. The van der Waals surface area contributed by atoms with Crippen molar-refractivity contribution in [1.82, 2.24) is 14.5 Å². The Labute approximate surface area is 177 Å². The van der Waals surface area contributed by atoms with E-state index < -0.39 is 22.2 Å². The number of thiophene rings is 1. The van der Waals surface area contributed by atoms with Crippen molar-refractivity contribution in [1.29, 1.82) is 0 Å². The van der Waals surface area contributed by atoms with Crippen LogP contribution in [0, 0.1) is 0 Å². The number of aliphatic carboxylic acids is 1. The van der Waals surface area contributed by atoms with Crippen LogP contribution in [0.25, 0.3) is 0 Å². The fraction of sp³-hybridized carbons (Fsp3) is 0.647. The number of nitrogens with one attached hydrogen (secondary N) is 1. The van der Waals surface area contributed by atoms with Crippen molar-refractivity contribution < 1.29 is 36.3 Å². The average molecular weight is 474 g/mol. The van der Waals surface area contributed by atoms with E-state index in [9.17, 15) is 26.4 Å². The molecular weight excluding hydrogens is 447 g/mol. The van der Waals surface area contributed by atoms with Crippen LogP contribution in [-0.2, 0) is 26.0 Å². The molecule has 0 aromatic carbocycles. The van der Waals surface area contributed by atoms with Gasteiger partial charge in [-0.3, -0.25) is 4.79 Å². The lowest BCUT2D eigenvalue weighted by atomic mass is 10.3. The van der Waals surface area contributed by atoms with E-state index in [0.717, 1.165) is 11.3 Å². The molecule has 2 N–H and O–H groups in total. The van der Waals surface area contributed by atoms with Crippen molar-refractivity contribution in [3.05, 3.63) is 22.4 Å². The number of halogens is 3. The van der Waals surface area contributed by atoms with Gasteiger partial charge in [0.1, 0.15) is 0 Å². The number of hydrogen-bond acceptors (Lipinski definition) is 6. The Morgan fingerprint density at radius 2 is 1.87 bits per heavy atom. The van der Waals surface area contributed by atoms with Crippen molar-refractivity contribution in [2.45, 2.75) is 25.9 Å². The molecule has 1 saturated heterocycles. The molecule has 0 radical (unpaired) electrons. The highest BCUT2D eigenvalue weighted by Crippen LogP contribution is 2.13. The number of carboxylic acids is 1. The van der Waals surface area contributed by atoms with Crippen molar-refractivity contribution in [3.63, 3.8) is 0 Å². The maximum Gasteiger partial charge on any atom is 0.490 e. The summed E-state index contributed by atoms with van der Waals surface area (Å²) < 4.78 is 58.1. The van der Waals surface area contributed by atoms with Gasteiger partial charge in [-0.25, -0.2) is 13.2 Å². The summed E-state index contributed by atoms with van der Waals surface area (Å²) in [6.07, 6.45) is -3.91. The van der Waals surface area contributed by atoms with E-state index in [1.54, 1.807) is 16.2 Å². The molecule has 1 fully saturated rings. The molecule has 0 unspecified atom stereocenters. The van der Waals surface area contributed by atoms with E-state index in [1.165, 1.54) is 4.31 Å². The van der Waals surface area contributed by atoms with E-state index in [2.05, 4.69) is 5.32 Å². The summed E-state index contributed by atoms with van der Waals surface area (Å²) in [6, 6.07) is 3.86. The molecule has 0 bridgehead atoms. The van der Waals surface area contributed by atoms with Crippen molar-refractivity contribution in [2.75, 3.05) is 45.0 Å². The van der Waals surface area contributed by atoms with Gasteiger partial charge in [0.2, 0.25) is 15.9 Å². The van der Waals surface area contributed by atoms with Gasteiger partial charge < -0.3 is 15.3 Å². The molecule has 0 spiro atoms. The van der Waals surface area contributed by atoms with Gasteiger partial charge in [-0.15, -0.1) is 11.3 Å². The summed E-state index contributed by atoms with van der Waals surface area (Å²) >= 11 is 1.55. The molecule has 13 heteroatoms. The number of hydrogen-bond donors (Lipinski definition) is 2. The molecule has 0 atom stereocenters. The number of sulfonamides is 1. The lowest BCUT2D eigenvalue weighted by Crippen LogP contribution is -2.48. The Morgan fingerprint density at radius 3 is 2.33 bits per heavy atom. The minimum Gasteiger partial charge on any atom is -0.475 e. The number of amides is 1. The lowest BCUT2D eigenvalue weighted by Gasteiger charge is -2.28. The van der Waals surface area contributed by atoms with Gasteiger partial charge in [0.25, 0.3) is 0 Å². The molecule has 1 amide bonds. The van der Waals surface area contributed by atoms with Crippen LogP contribution in [0.3, 0.4) is 0 Å². The quantitative estimate of drug-likeness (QED) is 0.591. The first-order valence-corrected chi connectivity index (χ1v) is 11.7. The Kier molecular flexibility index (Phi) is 10.7. The zero-order valence-corrected chi connectivity index (χ0v) is 18.2. The number of carboxylic acid groups (broad SMARTS) is 1.